The van der Waals surface area contributed by atoms with Crippen LogP contribution in [0, 0.1) is 5.41 Å². The Morgan fingerprint density at radius 3 is 1.13 bits per heavy atom. The van der Waals surface area contributed by atoms with Gasteiger partial charge < -0.3 is 10.2 Å². The van der Waals surface area contributed by atoms with Crippen molar-refractivity contribution < 1.29 is 24.6 Å². The number of hydrogen-bond acceptors (Lipinski definition) is 4. The summed E-state index contributed by atoms with van der Waals surface area (Å²) in [4.78, 5) is 27.5. The van der Waals surface area contributed by atoms with Gasteiger partial charge >= 0.3 is 11.9 Å². The molecule has 6 heteroatoms. The number of carbonyl (C=O) groups excluding carboxylic acids is 1. The van der Waals surface area contributed by atoms with E-state index < -0.39 is 11.9 Å². The van der Waals surface area contributed by atoms with Gasteiger partial charge in [0.15, 0.2) is 0 Å². The third-order valence-electron chi connectivity index (χ3n) is 0.730. The standard InChI is InChI=1S/2C4H6O2.CHNO/c2*1-3(2)4(5)6;2-1-3/h2*1H2,2H3,(H,5,6);2H. The van der Waals surface area contributed by atoms with Crippen LogP contribution in [0.3, 0.4) is 0 Å². The molecule has 0 radical (unpaired) electrons. The van der Waals surface area contributed by atoms with E-state index >= 15 is 0 Å². The number of isocyanates is 1. The Bertz CT molecular complexity index is 239. The molecule has 0 aliphatic heterocycles. The van der Waals surface area contributed by atoms with Crippen molar-refractivity contribution >= 4 is 18.0 Å². The van der Waals surface area contributed by atoms with Crippen molar-refractivity contribution in [2.45, 2.75) is 13.8 Å². The summed E-state index contributed by atoms with van der Waals surface area (Å²) in [5, 5.41) is 21.2. The summed E-state index contributed by atoms with van der Waals surface area (Å²) in [7, 11) is 0. The molecule has 0 aromatic rings. The number of carboxylic acid groups (broad SMARTS) is 2. The molecule has 0 saturated carbocycles. The van der Waals surface area contributed by atoms with Crippen LogP contribution in [0.2, 0.25) is 0 Å². The van der Waals surface area contributed by atoms with E-state index in [1.54, 1.807) is 0 Å². The lowest BCUT2D eigenvalue weighted by molar-refractivity contribution is -0.133. The summed E-state index contributed by atoms with van der Waals surface area (Å²) in [6.45, 7) is 9.20. The summed E-state index contributed by atoms with van der Waals surface area (Å²) in [6, 6.07) is 0. The Balaban J connectivity index is -0.000000153. The molecule has 15 heavy (non-hydrogen) atoms. The SMILES string of the molecule is C=C(C)C(=O)O.C=C(C)C(=O)O.N=C=O. The molecule has 0 fully saturated rings. The van der Waals surface area contributed by atoms with Crippen LogP contribution >= 0.6 is 0 Å². The highest BCUT2D eigenvalue weighted by Gasteiger charge is 1.90. The quantitative estimate of drug-likeness (QED) is 0.363. The molecule has 3 N–H and O–H groups in total. The zero-order chi connectivity index (χ0) is 13.0. The maximum Gasteiger partial charge on any atom is 0.330 e. The van der Waals surface area contributed by atoms with Crippen LogP contribution in [-0.2, 0) is 14.4 Å². The molecular weight excluding hydrogens is 202 g/mol. The molecule has 0 aliphatic rings. The zero-order valence-electron chi connectivity index (χ0n) is 8.53. The second-order valence-corrected chi connectivity index (χ2v) is 2.27. The minimum atomic E-state index is -0.935. The van der Waals surface area contributed by atoms with Crippen LogP contribution in [0.5, 0.6) is 0 Å². The van der Waals surface area contributed by atoms with Crippen LogP contribution in [0.25, 0.3) is 0 Å². The molecular formula is C9H13NO5. The van der Waals surface area contributed by atoms with E-state index in [4.69, 9.17) is 20.4 Å². The van der Waals surface area contributed by atoms with Gasteiger partial charge in [-0.25, -0.2) is 19.8 Å². The first-order valence-electron chi connectivity index (χ1n) is 3.52. The predicted molar refractivity (Wildman–Crippen MR) is 53.3 cm³/mol. The second-order valence-electron chi connectivity index (χ2n) is 2.27. The molecule has 0 atom stereocenters. The van der Waals surface area contributed by atoms with Crippen molar-refractivity contribution in [3.05, 3.63) is 24.3 Å². The largest absolute Gasteiger partial charge is 0.478 e. The molecule has 0 aromatic heterocycles. The van der Waals surface area contributed by atoms with Crippen molar-refractivity contribution in [1.82, 2.24) is 0 Å². The number of nitrogens with one attached hydrogen (secondary N) is 1. The zero-order valence-corrected chi connectivity index (χ0v) is 8.53. The normalized spacial score (nSPS) is 6.53. The number of rotatable bonds is 2. The fourth-order valence-corrected chi connectivity index (χ4v) is 0. The van der Waals surface area contributed by atoms with Crippen molar-refractivity contribution in [2.75, 3.05) is 0 Å². The van der Waals surface area contributed by atoms with Gasteiger partial charge in [-0.15, -0.1) is 0 Å². The molecule has 6 nitrogen and oxygen atoms in total. The number of aliphatic carboxylic acids is 2. The van der Waals surface area contributed by atoms with Crippen molar-refractivity contribution in [1.29, 1.82) is 5.41 Å². The van der Waals surface area contributed by atoms with Crippen LogP contribution in [-0.4, -0.2) is 28.2 Å². The third-order valence-corrected chi connectivity index (χ3v) is 0.730. The summed E-state index contributed by atoms with van der Waals surface area (Å²) >= 11 is 0. The molecule has 0 unspecified atom stereocenters. The van der Waals surface area contributed by atoms with Crippen LogP contribution in [0.15, 0.2) is 24.3 Å². The van der Waals surface area contributed by atoms with Crippen molar-refractivity contribution in [2.24, 2.45) is 0 Å². The van der Waals surface area contributed by atoms with Gasteiger partial charge in [-0.1, -0.05) is 13.2 Å². The van der Waals surface area contributed by atoms with E-state index in [2.05, 4.69) is 13.2 Å². The fourth-order valence-electron chi connectivity index (χ4n) is 0. The lowest BCUT2D eigenvalue weighted by atomic mass is 10.4. The summed E-state index contributed by atoms with van der Waals surface area (Å²) in [5.41, 5.74) is 0.352. The maximum atomic E-state index is 9.60. The minimum Gasteiger partial charge on any atom is -0.478 e. The van der Waals surface area contributed by atoms with Crippen LogP contribution in [0.4, 0.5) is 0 Å². The molecule has 0 aromatic carbocycles. The van der Waals surface area contributed by atoms with Crippen molar-refractivity contribution in [3.8, 4) is 0 Å². The number of hydrogen-bond donors (Lipinski definition) is 3. The Morgan fingerprint density at radius 2 is 1.13 bits per heavy atom. The Kier molecular flexibility index (Phi) is 14.6. The molecule has 84 valence electrons. The highest BCUT2D eigenvalue weighted by molar-refractivity contribution is 5.85. The molecule has 0 saturated heterocycles. The topological polar surface area (TPSA) is 116 Å². The van der Waals surface area contributed by atoms with E-state index in [9.17, 15) is 9.59 Å². The van der Waals surface area contributed by atoms with Gasteiger partial charge in [-0.05, 0) is 13.8 Å². The predicted octanol–water partition coefficient (Wildman–Crippen LogP) is 1.20. The molecule has 0 rings (SSSR count). The molecule has 0 bridgehead atoms. The Hall–Kier alpha value is -2.20. The highest BCUT2D eigenvalue weighted by Crippen LogP contribution is 1.81. The smallest absolute Gasteiger partial charge is 0.330 e. The van der Waals surface area contributed by atoms with E-state index in [-0.39, 0.29) is 11.1 Å². The molecule has 0 amide bonds. The lowest BCUT2D eigenvalue weighted by Crippen LogP contribution is -1.92. The first-order chi connectivity index (χ1) is 6.70. The highest BCUT2D eigenvalue weighted by atomic mass is 16.4. The molecule has 0 spiro atoms. The number of carboxylic acids is 2. The average Bonchev–Trinajstić information content (AvgIpc) is 2.06. The van der Waals surface area contributed by atoms with Gasteiger partial charge in [0.05, 0.1) is 0 Å². The van der Waals surface area contributed by atoms with Gasteiger partial charge in [-0.3, -0.25) is 0 Å². The first-order valence-corrected chi connectivity index (χ1v) is 3.52. The summed E-state index contributed by atoms with van der Waals surface area (Å²) in [5.74, 6) is -1.87. The first kappa shape index (κ1) is 18.6. The van der Waals surface area contributed by atoms with Crippen molar-refractivity contribution in [3.63, 3.8) is 0 Å². The monoisotopic (exact) mass is 215 g/mol. The molecule has 0 heterocycles. The minimum absolute atomic E-state index is 0.176. The number of carbonyl (C=O) groups is 2. The maximum absolute atomic E-state index is 9.60. The average molecular weight is 215 g/mol. The fraction of sp³-hybridized carbons (Fsp3) is 0.222. The van der Waals surface area contributed by atoms with E-state index in [1.807, 2.05) is 0 Å². The summed E-state index contributed by atoms with van der Waals surface area (Å²) in [6.07, 6.45) is 0.750. The van der Waals surface area contributed by atoms with Crippen LogP contribution < -0.4 is 0 Å². The summed E-state index contributed by atoms with van der Waals surface area (Å²) < 4.78 is 0. The van der Waals surface area contributed by atoms with E-state index in [0.29, 0.717) is 0 Å². The third kappa shape index (κ3) is 33.7. The van der Waals surface area contributed by atoms with Gasteiger partial charge in [-0.2, -0.15) is 0 Å². The Labute approximate surface area is 87.0 Å². The van der Waals surface area contributed by atoms with Crippen LogP contribution in [0.1, 0.15) is 13.8 Å². The van der Waals surface area contributed by atoms with E-state index in [1.165, 1.54) is 13.8 Å². The lowest BCUT2D eigenvalue weighted by Gasteiger charge is -1.79. The Morgan fingerprint density at radius 1 is 1.07 bits per heavy atom. The van der Waals surface area contributed by atoms with Gasteiger partial charge in [0.25, 0.3) is 0 Å². The van der Waals surface area contributed by atoms with Gasteiger partial charge in [0.2, 0.25) is 6.08 Å². The van der Waals surface area contributed by atoms with E-state index in [0.717, 1.165) is 6.08 Å². The second kappa shape index (κ2) is 11.8. The van der Waals surface area contributed by atoms with Gasteiger partial charge in [0, 0.05) is 11.1 Å². The molecule has 0 aliphatic carbocycles. The van der Waals surface area contributed by atoms with Gasteiger partial charge in [0.1, 0.15) is 0 Å².